The van der Waals surface area contributed by atoms with Gasteiger partial charge in [-0.15, -0.1) is 0 Å². The van der Waals surface area contributed by atoms with Gasteiger partial charge in [-0.1, -0.05) is 11.6 Å². The number of nitrogens with one attached hydrogen (secondary N) is 1. The summed E-state index contributed by atoms with van der Waals surface area (Å²) in [6, 6.07) is 4.76. The molecule has 2 aromatic rings. The number of methoxy groups -OCH3 is 1. The predicted molar refractivity (Wildman–Crippen MR) is 142 cm³/mol. The Hall–Kier alpha value is -3.33. The molecular weight excluding hydrogens is 573 g/mol. The highest BCUT2D eigenvalue weighted by molar-refractivity contribution is 6.33. The van der Waals surface area contributed by atoms with E-state index in [-0.39, 0.29) is 48.1 Å². The number of nitrogens with zero attached hydrogens (tertiary/aromatic N) is 2. The van der Waals surface area contributed by atoms with Gasteiger partial charge in [0.05, 0.1) is 43.7 Å². The molecule has 1 aromatic heterocycles. The van der Waals surface area contributed by atoms with Crippen LogP contribution in [0.15, 0.2) is 24.3 Å². The van der Waals surface area contributed by atoms with Gasteiger partial charge in [0.25, 0.3) is 5.91 Å². The number of aliphatic hydroxyl groups excluding tert-OH is 1. The second kappa shape index (κ2) is 11.5. The highest BCUT2D eigenvalue weighted by Crippen LogP contribution is 2.46. The van der Waals surface area contributed by atoms with E-state index in [0.717, 1.165) is 11.0 Å². The summed E-state index contributed by atoms with van der Waals surface area (Å²) in [6.45, 7) is 4.56. The molecule has 1 aliphatic heterocycles. The lowest BCUT2D eigenvalue weighted by Crippen LogP contribution is -2.51. The number of aliphatic hydroxyl groups is 2. The number of fused-ring (bicyclic) bond motifs is 1. The molecule has 2 atom stereocenters. The summed E-state index contributed by atoms with van der Waals surface area (Å²) in [7, 11) is 1.30. The molecule has 2 amide bonds. The van der Waals surface area contributed by atoms with Crippen LogP contribution in [0.3, 0.4) is 0 Å². The third kappa shape index (κ3) is 6.77. The minimum Gasteiger partial charge on any atom is -0.493 e. The van der Waals surface area contributed by atoms with Gasteiger partial charge in [-0.05, 0) is 52.0 Å². The lowest BCUT2D eigenvalue weighted by molar-refractivity contribution is -0.265. The monoisotopic (exact) mass is 604 g/mol. The van der Waals surface area contributed by atoms with Crippen molar-refractivity contribution in [2.75, 3.05) is 38.3 Å². The maximum absolute atomic E-state index is 14.3. The van der Waals surface area contributed by atoms with E-state index in [4.69, 9.17) is 36.7 Å². The smallest absolute Gasteiger partial charge is 0.424 e. The number of hydrogen-bond donors (Lipinski definition) is 4. The van der Waals surface area contributed by atoms with Crippen molar-refractivity contribution in [3.63, 3.8) is 0 Å². The van der Waals surface area contributed by atoms with E-state index in [2.05, 4.69) is 10.3 Å². The Labute approximate surface area is 239 Å². The van der Waals surface area contributed by atoms with Gasteiger partial charge in [-0.3, -0.25) is 9.69 Å². The number of aromatic nitrogens is 1. The van der Waals surface area contributed by atoms with Gasteiger partial charge in [0.2, 0.25) is 5.60 Å². The zero-order chi connectivity index (χ0) is 31.0. The lowest BCUT2D eigenvalue weighted by Gasteiger charge is -2.31. The average molecular weight is 605 g/mol. The molecular formula is C26H32ClF3N4O7. The van der Waals surface area contributed by atoms with Crippen LogP contribution in [0.25, 0.3) is 0 Å². The van der Waals surface area contributed by atoms with Gasteiger partial charge in [-0.2, -0.15) is 13.2 Å². The van der Waals surface area contributed by atoms with Gasteiger partial charge in [0, 0.05) is 11.1 Å². The molecule has 3 rings (SSSR count). The first-order chi connectivity index (χ1) is 18.8. The molecule has 1 aromatic carbocycles. The summed E-state index contributed by atoms with van der Waals surface area (Å²) in [5.74, 6) is -0.667. The molecule has 1 aliphatic rings. The van der Waals surface area contributed by atoms with Crippen molar-refractivity contribution in [1.29, 1.82) is 0 Å². The summed E-state index contributed by atoms with van der Waals surface area (Å²) in [4.78, 5) is 30.4. The molecule has 0 aliphatic carbocycles. The van der Waals surface area contributed by atoms with E-state index in [0.29, 0.717) is 0 Å². The third-order valence-electron chi connectivity index (χ3n) is 6.11. The fourth-order valence-corrected chi connectivity index (χ4v) is 4.40. The van der Waals surface area contributed by atoms with E-state index < -0.39 is 52.3 Å². The van der Waals surface area contributed by atoms with Crippen LogP contribution < -0.4 is 25.4 Å². The molecule has 0 bridgehead atoms. The van der Waals surface area contributed by atoms with Crippen LogP contribution in [0, 0.1) is 0 Å². The van der Waals surface area contributed by atoms with Crippen molar-refractivity contribution in [2.24, 2.45) is 5.73 Å². The van der Waals surface area contributed by atoms with E-state index in [9.17, 15) is 27.9 Å². The molecule has 2 heterocycles. The number of alkyl halides is 3. The number of carbonyl (C=O) groups is 2. The number of pyridine rings is 1. The summed E-state index contributed by atoms with van der Waals surface area (Å²) in [5, 5.41) is 21.4. The number of anilines is 1. The highest BCUT2D eigenvalue weighted by atomic mass is 35.5. The number of rotatable bonds is 8. The number of amides is 2. The van der Waals surface area contributed by atoms with Crippen LogP contribution in [0.1, 0.15) is 49.3 Å². The Kier molecular flexibility index (Phi) is 9.04. The van der Waals surface area contributed by atoms with Gasteiger partial charge in [0.1, 0.15) is 12.2 Å². The normalized spacial score (nSPS) is 18.4. The van der Waals surface area contributed by atoms with E-state index >= 15 is 0 Å². The SMILES string of the molecule is COc1cc(C(=O)NCC(O)(c2cc3c(c(Cl)n2)N(C(=O)OC(C)(C)C)C[C@@]3(C)N)C(F)(F)F)ccc1OCCO. The Morgan fingerprint density at radius 3 is 2.44 bits per heavy atom. The molecule has 0 saturated carbocycles. The molecule has 0 radical (unpaired) electrons. The molecule has 41 heavy (non-hydrogen) atoms. The van der Waals surface area contributed by atoms with Gasteiger partial charge in [0.15, 0.2) is 16.7 Å². The van der Waals surface area contributed by atoms with Crippen molar-refractivity contribution in [3.8, 4) is 11.5 Å². The molecule has 0 fully saturated rings. The van der Waals surface area contributed by atoms with E-state index in [1.165, 1.54) is 32.2 Å². The van der Waals surface area contributed by atoms with Gasteiger partial charge < -0.3 is 35.5 Å². The first kappa shape index (κ1) is 32.2. The number of hydrogen-bond acceptors (Lipinski definition) is 9. The molecule has 5 N–H and O–H groups in total. The fourth-order valence-electron chi connectivity index (χ4n) is 4.11. The number of ether oxygens (including phenoxy) is 3. The predicted octanol–water partition coefficient (Wildman–Crippen LogP) is 3.22. The van der Waals surface area contributed by atoms with Crippen LogP contribution in [-0.2, 0) is 15.9 Å². The Morgan fingerprint density at radius 1 is 1.22 bits per heavy atom. The topological polar surface area (TPSA) is 156 Å². The molecule has 15 heteroatoms. The van der Waals surface area contributed by atoms with Crippen molar-refractivity contribution in [3.05, 3.63) is 46.2 Å². The Balaban J connectivity index is 1.95. The third-order valence-corrected chi connectivity index (χ3v) is 6.37. The summed E-state index contributed by atoms with van der Waals surface area (Å²) < 4.78 is 58.8. The Bertz CT molecular complexity index is 1320. The Morgan fingerprint density at radius 2 is 1.88 bits per heavy atom. The molecule has 0 saturated heterocycles. The van der Waals surface area contributed by atoms with Crippen molar-refractivity contribution in [2.45, 2.75) is 50.6 Å². The van der Waals surface area contributed by atoms with Crippen LogP contribution in [0.4, 0.5) is 23.7 Å². The second-order valence-electron chi connectivity index (χ2n) is 10.7. The number of halogens is 4. The quantitative estimate of drug-likeness (QED) is 0.332. The molecule has 1 unspecified atom stereocenters. The summed E-state index contributed by atoms with van der Waals surface area (Å²) in [6.07, 6.45) is -6.15. The summed E-state index contributed by atoms with van der Waals surface area (Å²) in [5.41, 5.74) is -0.648. The first-order valence-corrected chi connectivity index (χ1v) is 12.7. The van der Waals surface area contributed by atoms with Crippen molar-refractivity contribution >= 4 is 29.3 Å². The van der Waals surface area contributed by atoms with Crippen LogP contribution in [0.5, 0.6) is 11.5 Å². The molecule has 11 nitrogen and oxygen atoms in total. The maximum Gasteiger partial charge on any atom is 0.424 e. The van der Waals surface area contributed by atoms with Crippen LogP contribution in [0.2, 0.25) is 5.15 Å². The van der Waals surface area contributed by atoms with Crippen molar-refractivity contribution < 1.29 is 47.2 Å². The maximum atomic E-state index is 14.3. The van der Waals surface area contributed by atoms with Gasteiger partial charge in [-0.25, -0.2) is 9.78 Å². The second-order valence-corrected chi connectivity index (χ2v) is 11.0. The van der Waals surface area contributed by atoms with E-state index in [1.54, 1.807) is 20.8 Å². The van der Waals surface area contributed by atoms with Crippen LogP contribution >= 0.6 is 11.6 Å². The lowest BCUT2D eigenvalue weighted by atomic mass is 9.91. The standard InChI is InChI=1S/C26H32ClF3N4O7/c1-23(2,3)41-22(37)34-13-24(4,31)15-11-18(33-20(27)19(15)34)25(38,26(28,29)30)12-32-21(36)14-6-7-16(40-9-8-35)17(10-14)39-5/h6-7,10-11,35,38H,8-9,12-13,31H2,1-5H3,(H,32,36)/t24-,25?/m1/s1. The van der Waals surface area contributed by atoms with Crippen LogP contribution in [-0.4, -0.2) is 72.4 Å². The number of nitrogens with two attached hydrogens (primary N) is 1. The number of carbonyl (C=O) groups excluding carboxylic acids is 2. The largest absolute Gasteiger partial charge is 0.493 e. The van der Waals surface area contributed by atoms with Gasteiger partial charge >= 0.3 is 12.3 Å². The van der Waals surface area contributed by atoms with Crippen molar-refractivity contribution in [1.82, 2.24) is 10.3 Å². The fraction of sp³-hybridized carbons (Fsp3) is 0.500. The highest BCUT2D eigenvalue weighted by Gasteiger charge is 2.57. The average Bonchev–Trinajstić information content (AvgIpc) is 3.15. The first-order valence-electron chi connectivity index (χ1n) is 12.3. The van der Waals surface area contributed by atoms with E-state index in [1.807, 2.05) is 0 Å². The minimum absolute atomic E-state index is 0.0237. The molecule has 0 spiro atoms. The summed E-state index contributed by atoms with van der Waals surface area (Å²) >= 11 is 6.29. The minimum atomic E-state index is -5.32. The zero-order valence-electron chi connectivity index (χ0n) is 23.1. The number of benzene rings is 1. The zero-order valence-corrected chi connectivity index (χ0v) is 23.8. The molecule has 226 valence electrons.